The number of anilines is 2. The van der Waals surface area contributed by atoms with Gasteiger partial charge in [0.1, 0.15) is 5.75 Å². The van der Waals surface area contributed by atoms with Crippen molar-refractivity contribution in [3.8, 4) is 5.75 Å². The predicted octanol–water partition coefficient (Wildman–Crippen LogP) is 4.80. The molecule has 3 rings (SSSR count). The van der Waals surface area contributed by atoms with Crippen LogP contribution in [0.1, 0.15) is 30.5 Å². The Labute approximate surface area is 166 Å². The van der Waals surface area contributed by atoms with Crippen LogP contribution >= 0.6 is 0 Å². The Hall–Kier alpha value is -3.29. The fraction of sp³-hybridized carbons (Fsp3) is 0.238. The molecule has 0 bridgehead atoms. The molecule has 0 unspecified atom stereocenters. The Morgan fingerprint density at radius 2 is 1.72 bits per heavy atom. The van der Waals surface area contributed by atoms with E-state index < -0.39 is 23.0 Å². The highest BCUT2D eigenvalue weighted by atomic mass is 19.2. The van der Waals surface area contributed by atoms with Crippen LogP contribution in [-0.4, -0.2) is 14.7 Å². The highest BCUT2D eigenvalue weighted by Gasteiger charge is 2.13. The summed E-state index contributed by atoms with van der Waals surface area (Å²) in [6.07, 6.45) is 0.937. The van der Waals surface area contributed by atoms with Crippen LogP contribution < -0.4 is 10.9 Å². The molecular weight excluding hydrogens is 383 g/mol. The summed E-state index contributed by atoms with van der Waals surface area (Å²) in [6.45, 7) is 7.14. The van der Waals surface area contributed by atoms with E-state index in [4.69, 9.17) is 0 Å². The number of rotatable bonds is 4. The van der Waals surface area contributed by atoms with Gasteiger partial charge >= 0.3 is 5.56 Å². The van der Waals surface area contributed by atoms with Gasteiger partial charge in [-0.3, -0.25) is 4.79 Å². The van der Waals surface area contributed by atoms with Gasteiger partial charge in [0.2, 0.25) is 11.8 Å². The van der Waals surface area contributed by atoms with Gasteiger partial charge in [-0.2, -0.15) is 9.37 Å². The molecule has 0 aliphatic heterocycles. The molecule has 1 heterocycles. The molecule has 0 atom stereocenters. The Balaban J connectivity index is 0.00000145. The lowest BCUT2D eigenvalue weighted by atomic mass is 10.1. The van der Waals surface area contributed by atoms with Crippen LogP contribution in [0.15, 0.2) is 41.3 Å². The minimum atomic E-state index is -1.08. The van der Waals surface area contributed by atoms with Crippen molar-refractivity contribution in [2.24, 2.45) is 0 Å². The summed E-state index contributed by atoms with van der Waals surface area (Å²) in [4.78, 5) is 15.3. The second kappa shape index (κ2) is 9.27. The molecule has 8 heteroatoms. The van der Waals surface area contributed by atoms with Crippen molar-refractivity contribution in [3.05, 3.63) is 81.0 Å². The van der Waals surface area contributed by atoms with Gasteiger partial charge in [-0.1, -0.05) is 26.0 Å². The number of aromatic nitrogens is 2. The van der Waals surface area contributed by atoms with Gasteiger partial charge in [0.15, 0.2) is 11.6 Å². The Morgan fingerprint density at radius 3 is 2.38 bits per heavy atom. The van der Waals surface area contributed by atoms with Crippen LogP contribution in [-0.2, 0) is 6.54 Å². The van der Waals surface area contributed by atoms with E-state index in [1.807, 2.05) is 13.8 Å². The quantitative estimate of drug-likeness (QED) is 0.654. The van der Waals surface area contributed by atoms with Crippen molar-refractivity contribution >= 4 is 11.6 Å². The van der Waals surface area contributed by atoms with Crippen molar-refractivity contribution in [2.75, 3.05) is 5.32 Å². The number of phenols is 1. The van der Waals surface area contributed by atoms with E-state index in [1.165, 1.54) is 29.7 Å². The predicted molar refractivity (Wildman–Crippen MR) is 106 cm³/mol. The molecule has 3 aromatic rings. The van der Waals surface area contributed by atoms with Crippen molar-refractivity contribution in [3.63, 3.8) is 0 Å². The fourth-order valence-electron chi connectivity index (χ4n) is 2.64. The van der Waals surface area contributed by atoms with Gasteiger partial charge in [0.25, 0.3) is 0 Å². The van der Waals surface area contributed by atoms with Gasteiger partial charge in [-0.25, -0.2) is 8.78 Å². The largest absolute Gasteiger partial charge is 0.508 e. The maximum Gasteiger partial charge on any atom is 0.310 e. The zero-order valence-electron chi connectivity index (χ0n) is 16.6. The molecule has 0 aliphatic carbocycles. The zero-order valence-corrected chi connectivity index (χ0v) is 16.6. The molecule has 2 N–H and O–H groups in total. The molecule has 0 amide bonds. The lowest BCUT2D eigenvalue weighted by molar-refractivity contribution is 0.475. The average molecular weight is 405 g/mol. The molecule has 0 aliphatic rings. The molecule has 0 fully saturated rings. The molecule has 0 radical (unpaired) electrons. The van der Waals surface area contributed by atoms with Crippen molar-refractivity contribution in [2.45, 2.75) is 34.2 Å². The highest BCUT2D eigenvalue weighted by molar-refractivity contribution is 5.60. The maximum absolute atomic E-state index is 13.8. The van der Waals surface area contributed by atoms with E-state index in [9.17, 15) is 23.1 Å². The summed E-state index contributed by atoms with van der Waals surface area (Å²) >= 11 is 0. The average Bonchev–Trinajstić information content (AvgIpc) is 2.68. The van der Waals surface area contributed by atoms with Crippen molar-refractivity contribution < 1.29 is 18.3 Å². The van der Waals surface area contributed by atoms with Crippen LogP contribution in [0.25, 0.3) is 0 Å². The maximum atomic E-state index is 13.8. The number of nitrogens with zero attached hydrogens (tertiary/aromatic N) is 2. The van der Waals surface area contributed by atoms with E-state index in [-0.39, 0.29) is 23.8 Å². The lowest BCUT2D eigenvalue weighted by Gasteiger charge is -2.16. The molecule has 1 aromatic heterocycles. The van der Waals surface area contributed by atoms with Gasteiger partial charge < -0.3 is 15.0 Å². The van der Waals surface area contributed by atoms with E-state index in [0.29, 0.717) is 11.3 Å². The van der Waals surface area contributed by atoms with Crippen molar-refractivity contribution in [1.82, 2.24) is 9.55 Å². The zero-order chi connectivity index (χ0) is 21.7. The molecule has 154 valence electrons. The molecule has 5 nitrogen and oxygen atoms in total. The normalized spacial score (nSPS) is 10.3. The summed E-state index contributed by atoms with van der Waals surface area (Å²) in [5.41, 5.74) is 0.628. The first-order valence-corrected chi connectivity index (χ1v) is 9.02. The molecule has 0 spiro atoms. The first-order chi connectivity index (χ1) is 13.7. The number of halogens is 3. The Kier molecular flexibility index (Phi) is 7.03. The number of hydrogen-bond donors (Lipinski definition) is 2. The number of phenolic OH excluding ortho intramolecular Hbond substituents is 1. The number of aromatic hydroxyl groups is 1. The summed E-state index contributed by atoms with van der Waals surface area (Å²) < 4.78 is 42.2. The van der Waals surface area contributed by atoms with Gasteiger partial charge in [0.05, 0.1) is 6.54 Å². The van der Waals surface area contributed by atoms with E-state index in [1.54, 1.807) is 13.0 Å². The Bertz CT molecular complexity index is 1060. The number of aryl methyl sites for hydroxylation is 2. The molecule has 0 saturated heterocycles. The third-order valence-electron chi connectivity index (χ3n) is 4.04. The SMILES string of the molecule is CC.Cc1ccc(O)cc1Nc1nc(=O)c(F)cn1Cc1cc(C)c(F)c(F)c1. The lowest BCUT2D eigenvalue weighted by Crippen LogP contribution is -2.20. The van der Waals surface area contributed by atoms with Crippen molar-refractivity contribution in [1.29, 1.82) is 0 Å². The van der Waals surface area contributed by atoms with Crippen LogP contribution in [0.4, 0.5) is 24.8 Å². The number of nitrogens with one attached hydrogen (secondary N) is 1. The highest BCUT2D eigenvalue weighted by Crippen LogP contribution is 2.24. The fourth-order valence-corrected chi connectivity index (χ4v) is 2.64. The monoisotopic (exact) mass is 405 g/mol. The summed E-state index contributed by atoms with van der Waals surface area (Å²) in [6, 6.07) is 7.01. The second-order valence-corrected chi connectivity index (χ2v) is 6.18. The molecule has 29 heavy (non-hydrogen) atoms. The third-order valence-corrected chi connectivity index (χ3v) is 4.04. The molecule has 0 saturated carbocycles. The van der Waals surface area contributed by atoms with Gasteiger partial charge in [0, 0.05) is 18.0 Å². The van der Waals surface area contributed by atoms with Crippen LogP contribution in [0, 0.1) is 31.3 Å². The minimum absolute atomic E-state index is 0.00233. The summed E-state index contributed by atoms with van der Waals surface area (Å²) in [5.74, 6) is -3.05. The number of hydrogen-bond acceptors (Lipinski definition) is 4. The van der Waals surface area contributed by atoms with Crippen LogP contribution in [0.2, 0.25) is 0 Å². The first-order valence-electron chi connectivity index (χ1n) is 9.02. The van der Waals surface area contributed by atoms with Gasteiger partial charge in [-0.05, 0) is 42.7 Å². The number of benzene rings is 2. The van der Waals surface area contributed by atoms with E-state index >= 15 is 0 Å². The van der Waals surface area contributed by atoms with E-state index in [2.05, 4.69) is 10.3 Å². The van der Waals surface area contributed by atoms with Crippen LogP contribution in [0.3, 0.4) is 0 Å². The topological polar surface area (TPSA) is 67.2 Å². The standard InChI is InChI=1S/C19H16F3N3O2.C2H6/c1-10-3-4-13(26)7-16(10)23-19-24-18(27)15(21)9-25(19)8-12-5-11(2)17(22)14(20)6-12;1-2/h3-7,9,26H,8H2,1-2H3,(H,23,24,27);1-2H3. The van der Waals surface area contributed by atoms with Gasteiger partial charge in [-0.15, -0.1) is 0 Å². The third kappa shape index (κ3) is 5.16. The minimum Gasteiger partial charge on any atom is -0.508 e. The smallest absolute Gasteiger partial charge is 0.310 e. The van der Waals surface area contributed by atoms with E-state index in [0.717, 1.165) is 17.8 Å². The molecular formula is C21H22F3N3O2. The summed E-state index contributed by atoms with van der Waals surface area (Å²) in [5, 5.41) is 12.5. The first kappa shape index (κ1) is 22.0. The Morgan fingerprint density at radius 1 is 1.03 bits per heavy atom. The summed E-state index contributed by atoms with van der Waals surface area (Å²) in [7, 11) is 0. The van der Waals surface area contributed by atoms with Crippen LogP contribution in [0.5, 0.6) is 5.75 Å². The molecule has 2 aromatic carbocycles. The second-order valence-electron chi connectivity index (χ2n) is 6.18.